The molecule has 122 valence electrons. The maximum Gasteiger partial charge on any atom is 0.261 e. The summed E-state index contributed by atoms with van der Waals surface area (Å²) in [6, 6.07) is 9.94. The fraction of sp³-hybridized carbons (Fsp3) is 0.167. The van der Waals surface area contributed by atoms with Gasteiger partial charge < -0.3 is 5.32 Å². The van der Waals surface area contributed by atoms with Crippen LogP contribution in [0.4, 0.5) is 4.39 Å². The first-order chi connectivity index (χ1) is 11.4. The van der Waals surface area contributed by atoms with Crippen molar-refractivity contribution >= 4 is 17.7 Å². The molecule has 0 bridgehead atoms. The summed E-state index contributed by atoms with van der Waals surface area (Å²) >= 11 is 0. The van der Waals surface area contributed by atoms with Crippen LogP contribution in [0, 0.1) is 5.82 Å². The van der Waals surface area contributed by atoms with Crippen LogP contribution in [0.25, 0.3) is 0 Å². The van der Waals surface area contributed by atoms with Gasteiger partial charge in [0.2, 0.25) is 0 Å². The molecule has 0 fully saturated rings. The van der Waals surface area contributed by atoms with Gasteiger partial charge in [0.1, 0.15) is 5.82 Å². The zero-order chi connectivity index (χ0) is 17.4. The quantitative estimate of drug-likeness (QED) is 0.882. The van der Waals surface area contributed by atoms with E-state index in [1.165, 1.54) is 37.4 Å². The Morgan fingerprint density at radius 1 is 1.04 bits per heavy atom. The van der Waals surface area contributed by atoms with Crippen LogP contribution in [0.15, 0.2) is 42.5 Å². The Balaban J connectivity index is 1.80. The van der Waals surface area contributed by atoms with E-state index in [0.29, 0.717) is 11.1 Å². The number of rotatable bonds is 3. The minimum absolute atomic E-state index is 0.226. The van der Waals surface area contributed by atoms with Crippen LogP contribution in [0.3, 0.4) is 0 Å². The van der Waals surface area contributed by atoms with Crippen LogP contribution in [-0.2, 0) is 0 Å². The number of hydrogen-bond acceptors (Lipinski definition) is 3. The lowest BCUT2D eigenvalue weighted by atomic mass is 10.0. The average Bonchev–Trinajstić information content (AvgIpc) is 2.79. The largest absolute Gasteiger partial charge is 0.346 e. The lowest BCUT2D eigenvalue weighted by molar-refractivity contribution is 0.0693. The van der Waals surface area contributed by atoms with Gasteiger partial charge in [0.15, 0.2) is 0 Å². The van der Waals surface area contributed by atoms with Crippen LogP contribution in [-0.4, -0.2) is 29.7 Å². The number of nitrogens with one attached hydrogen (secondary N) is 1. The molecule has 3 rings (SSSR count). The van der Waals surface area contributed by atoms with Gasteiger partial charge in [0.05, 0.1) is 17.2 Å². The van der Waals surface area contributed by atoms with Crippen molar-refractivity contribution in [1.29, 1.82) is 0 Å². The SMILES string of the molecule is CC(NC(=O)c1ccc2c(c1)C(=O)N(C)C2=O)c1ccc(F)cc1. The van der Waals surface area contributed by atoms with Crippen LogP contribution in [0.5, 0.6) is 0 Å². The predicted molar refractivity (Wildman–Crippen MR) is 85.1 cm³/mol. The fourth-order valence-corrected chi connectivity index (χ4v) is 2.62. The molecule has 5 nitrogen and oxygen atoms in total. The van der Waals surface area contributed by atoms with Crippen LogP contribution in [0.1, 0.15) is 49.6 Å². The van der Waals surface area contributed by atoms with Gasteiger partial charge in [-0.15, -0.1) is 0 Å². The van der Waals surface area contributed by atoms with E-state index in [1.807, 2.05) is 0 Å². The summed E-state index contributed by atoms with van der Waals surface area (Å²) in [5.41, 5.74) is 1.58. The van der Waals surface area contributed by atoms with E-state index in [-0.39, 0.29) is 29.2 Å². The molecular weight excluding hydrogens is 311 g/mol. The summed E-state index contributed by atoms with van der Waals surface area (Å²) in [5.74, 6) is -1.51. The Morgan fingerprint density at radius 3 is 2.33 bits per heavy atom. The lowest BCUT2D eigenvalue weighted by Crippen LogP contribution is -2.27. The van der Waals surface area contributed by atoms with Gasteiger partial charge in [-0.25, -0.2) is 4.39 Å². The number of imide groups is 1. The number of amides is 3. The van der Waals surface area contributed by atoms with Crippen molar-refractivity contribution in [3.05, 3.63) is 70.5 Å². The van der Waals surface area contributed by atoms with Crippen molar-refractivity contribution in [2.24, 2.45) is 0 Å². The third-order valence-electron chi connectivity index (χ3n) is 4.07. The number of carbonyl (C=O) groups excluding carboxylic acids is 3. The molecule has 2 aromatic carbocycles. The van der Waals surface area contributed by atoms with Crippen molar-refractivity contribution in [2.75, 3.05) is 7.05 Å². The van der Waals surface area contributed by atoms with Crippen LogP contribution >= 0.6 is 0 Å². The van der Waals surface area contributed by atoms with E-state index in [2.05, 4.69) is 5.32 Å². The molecule has 1 aliphatic heterocycles. The van der Waals surface area contributed by atoms with Crippen molar-refractivity contribution < 1.29 is 18.8 Å². The maximum atomic E-state index is 13.0. The monoisotopic (exact) mass is 326 g/mol. The van der Waals surface area contributed by atoms with E-state index >= 15 is 0 Å². The van der Waals surface area contributed by atoms with Gasteiger partial charge in [0.25, 0.3) is 17.7 Å². The molecule has 1 N–H and O–H groups in total. The number of halogens is 1. The molecule has 0 aliphatic carbocycles. The number of fused-ring (bicyclic) bond motifs is 1. The van der Waals surface area contributed by atoms with Gasteiger partial charge in [-0.3, -0.25) is 19.3 Å². The lowest BCUT2D eigenvalue weighted by Gasteiger charge is -2.14. The summed E-state index contributed by atoms with van der Waals surface area (Å²) in [6.07, 6.45) is 0. The fourth-order valence-electron chi connectivity index (χ4n) is 2.62. The van der Waals surface area contributed by atoms with Gasteiger partial charge >= 0.3 is 0 Å². The molecule has 0 saturated heterocycles. The third kappa shape index (κ3) is 2.67. The molecule has 0 radical (unpaired) electrons. The highest BCUT2D eigenvalue weighted by atomic mass is 19.1. The van der Waals surface area contributed by atoms with E-state index < -0.39 is 5.91 Å². The Bertz CT molecular complexity index is 846. The second kappa shape index (κ2) is 5.88. The highest BCUT2D eigenvalue weighted by Gasteiger charge is 2.33. The van der Waals surface area contributed by atoms with Gasteiger partial charge in [-0.1, -0.05) is 12.1 Å². The molecule has 24 heavy (non-hydrogen) atoms. The summed E-state index contributed by atoms with van der Waals surface area (Å²) in [4.78, 5) is 37.2. The van der Waals surface area contributed by atoms with Crippen molar-refractivity contribution in [2.45, 2.75) is 13.0 Å². The normalized spacial score (nSPS) is 14.5. The standard InChI is InChI=1S/C18H15FN2O3/c1-10(11-3-6-13(19)7-4-11)20-16(22)12-5-8-14-15(9-12)18(24)21(2)17(14)23/h3-10H,1-2H3,(H,20,22). The summed E-state index contributed by atoms with van der Waals surface area (Å²) < 4.78 is 13.0. The average molecular weight is 326 g/mol. The molecule has 6 heteroatoms. The number of carbonyl (C=O) groups is 3. The predicted octanol–water partition coefficient (Wildman–Crippen LogP) is 2.54. The Labute approximate surface area is 138 Å². The van der Waals surface area contributed by atoms with Crippen molar-refractivity contribution in [3.8, 4) is 0 Å². The first-order valence-electron chi connectivity index (χ1n) is 7.41. The molecule has 1 aliphatic rings. The number of hydrogen-bond donors (Lipinski definition) is 1. The summed E-state index contributed by atoms with van der Waals surface area (Å²) in [6.45, 7) is 1.78. The molecular formula is C18H15FN2O3. The molecule has 1 heterocycles. The maximum absolute atomic E-state index is 13.0. The molecule has 2 aromatic rings. The second-order valence-corrected chi connectivity index (χ2v) is 5.68. The molecule has 3 amide bonds. The number of nitrogens with zero attached hydrogens (tertiary/aromatic N) is 1. The topological polar surface area (TPSA) is 66.5 Å². The van der Waals surface area contributed by atoms with E-state index in [9.17, 15) is 18.8 Å². The highest BCUT2D eigenvalue weighted by molar-refractivity contribution is 6.21. The van der Waals surface area contributed by atoms with E-state index in [4.69, 9.17) is 0 Å². The van der Waals surface area contributed by atoms with Crippen molar-refractivity contribution in [1.82, 2.24) is 10.2 Å². The number of benzene rings is 2. The Hall–Kier alpha value is -3.02. The second-order valence-electron chi connectivity index (χ2n) is 5.68. The smallest absolute Gasteiger partial charge is 0.261 e. The van der Waals surface area contributed by atoms with Crippen molar-refractivity contribution in [3.63, 3.8) is 0 Å². The minimum atomic E-state index is -0.420. The molecule has 0 aromatic heterocycles. The first kappa shape index (κ1) is 15.9. The molecule has 1 unspecified atom stereocenters. The molecule has 1 atom stereocenters. The van der Waals surface area contributed by atoms with Gasteiger partial charge in [-0.2, -0.15) is 0 Å². The molecule has 0 spiro atoms. The van der Waals surface area contributed by atoms with Gasteiger partial charge in [0, 0.05) is 12.6 Å². The van der Waals surface area contributed by atoms with E-state index in [0.717, 1.165) is 10.5 Å². The van der Waals surface area contributed by atoms with Crippen LogP contribution in [0.2, 0.25) is 0 Å². The van der Waals surface area contributed by atoms with Crippen LogP contribution < -0.4 is 5.32 Å². The first-order valence-corrected chi connectivity index (χ1v) is 7.41. The third-order valence-corrected chi connectivity index (χ3v) is 4.07. The minimum Gasteiger partial charge on any atom is -0.346 e. The molecule has 0 saturated carbocycles. The summed E-state index contributed by atoms with van der Waals surface area (Å²) in [7, 11) is 1.40. The van der Waals surface area contributed by atoms with E-state index in [1.54, 1.807) is 19.1 Å². The zero-order valence-corrected chi connectivity index (χ0v) is 13.2. The zero-order valence-electron chi connectivity index (χ0n) is 13.2. The Morgan fingerprint density at radius 2 is 1.67 bits per heavy atom. The Kier molecular flexibility index (Phi) is 3.89. The highest BCUT2D eigenvalue weighted by Crippen LogP contribution is 2.23. The van der Waals surface area contributed by atoms with Gasteiger partial charge in [-0.05, 0) is 42.8 Å². The summed E-state index contributed by atoms with van der Waals surface area (Å²) in [5, 5.41) is 2.79.